The molecule has 1 aliphatic rings. The molecule has 4 N–H and O–H groups in total. The fraction of sp³-hybridized carbons (Fsp3) is 0.519. The van der Waals surface area contributed by atoms with Gasteiger partial charge in [0.15, 0.2) is 12.7 Å². The van der Waals surface area contributed by atoms with Gasteiger partial charge in [0.05, 0.1) is 33.4 Å². The van der Waals surface area contributed by atoms with Crippen molar-refractivity contribution in [2.45, 2.75) is 58.7 Å². The largest absolute Gasteiger partial charge is 0.756 e. The number of benzene rings is 1. The molecule has 3 aromatic rings. The number of quaternary nitrogens is 1. The maximum atomic E-state index is 14.5. The standard InChI is InChI=1S/C21H22F2N3O11P.C6H15N/c1-10-5-12(33-2)6-11-7-13(36-16(10)11)8-34-20(29)25-15-3-4-26(19(28)24-15)18-21(22,23)17(27)14(37-18)9-35-38(30,31)32;1-4-7(5-2)6-3/h3-7,14,17-18,27H,8-9H2,1-2H3,(H2,30,31,32)(H,24,25,28,29);4-6H2,1-3H3/t14-,17-,18-;/m1./s1. The van der Waals surface area contributed by atoms with E-state index in [4.69, 9.17) is 23.5 Å². The van der Waals surface area contributed by atoms with Crippen LogP contribution in [0.3, 0.4) is 0 Å². The molecule has 0 saturated carbocycles. The molecule has 1 aliphatic heterocycles. The number of carbonyl (C=O) groups excluding carboxylic acids is 1. The third-order valence-electron chi connectivity index (χ3n) is 7.00. The molecule has 15 nitrogen and oxygen atoms in total. The average molecular weight is 663 g/mol. The van der Waals surface area contributed by atoms with Gasteiger partial charge in [-0.25, -0.2) is 9.59 Å². The molecule has 2 aromatic heterocycles. The Morgan fingerprint density at radius 1 is 1.24 bits per heavy atom. The van der Waals surface area contributed by atoms with Gasteiger partial charge < -0.3 is 42.9 Å². The third kappa shape index (κ3) is 9.29. The first kappa shape index (κ1) is 36.0. The van der Waals surface area contributed by atoms with Gasteiger partial charge in [-0.15, -0.1) is 0 Å². The van der Waals surface area contributed by atoms with E-state index in [1.54, 1.807) is 23.1 Å². The number of rotatable bonds is 11. The Morgan fingerprint density at radius 3 is 2.47 bits per heavy atom. The van der Waals surface area contributed by atoms with Crippen molar-refractivity contribution in [3.05, 3.63) is 52.3 Å². The number of ether oxygens (including phenoxy) is 3. The molecule has 45 heavy (non-hydrogen) atoms. The summed E-state index contributed by atoms with van der Waals surface area (Å²) in [5.74, 6) is -3.46. The van der Waals surface area contributed by atoms with Gasteiger partial charge in [-0.3, -0.25) is 14.4 Å². The number of aliphatic hydroxyl groups is 1. The maximum absolute atomic E-state index is 14.5. The quantitative estimate of drug-likeness (QED) is 0.215. The van der Waals surface area contributed by atoms with Crippen LogP contribution in [0.1, 0.15) is 38.3 Å². The van der Waals surface area contributed by atoms with E-state index in [1.165, 1.54) is 26.7 Å². The van der Waals surface area contributed by atoms with Gasteiger partial charge in [-0.1, -0.05) is 0 Å². The third-order valence-corrected chi connectivity index (χ3v) is 7.48. The monoisotopic (exact) mass is 662 g/mol. The SMILES string of the molecule is CC[NH+](CC)CC.COc1cc(C)c2oc(COC(=O)Nc3ccn([C@@H]4O[C@H](COP(=O)([O-])O)[C@@H](O)C4(F)F)c(=O)n3)cc2c1. The van der Waals surface area contributed by atoms with Crippen molar-refractivity contribution in [2.75, 3.05) is 38.7 Å². The number of phosphoric acid groups is 1. The smallest absolute Gasteiger partial charge is 0.413 e. The number of anilines is 1. The zero-order chi connectivity index (χ0) is 33.5. The van der Waals surface area contributed by atoms with E-state index in [2.05, 4.69) is 35.6 Å². The minimum absolute atomic E-state index is 0.271. The molecule has 250 valence electrons. The lowest BCUT2D eigenvalue weighted by Crippen LogP contribution is -3.11. The van der Waals surface area contributed by atoms with Crippen molar-refractivity contribution < 1.29 is 61.1 Å². The summed E-state index contributed by atoms with van der Waals surface area (Å²) < 4.78 is 64.9. The molecule has 1 aromatic carbocycles. The number of alkyl halides is 2. The lowest BCUT2D eigenvalue weighted by molar-refractivity contribution is -0.894. The Kier molecular flexibility index (Phi) is 12.2. The lowest BCUT2D eigenvalue weighted by atomic mass is 10.1. The van der Waals surface area contributed by atoms with Crippen LogP contribution in [0.5, 0.6) is 5.75 Å². The normalized spacial score (nSPS) is 20.4. The number of hydrogen-bond acceptors (Lipinski definition) is 11. The Bertz CT molecular complexity index is 1550. The summed E-state index contributed by atoms with van der Waals surface area (Å²) >= 11 is 0. The highest BCUT2D eigenvalue weighted by Crippen LogP contribution is 2.43. The number of nitrogens with one attached hydrogen (secondary N) is 2. The number of aromatic nitrogens is 2. The van der Waals surface area contributed by atoms with Crippen molar-refractivity contribution in [3.63, 3.8) is 0 Å². The van der Waals surface area contributed by atoms with Gasteiger partial charge in [-0.05, 0) is 57.5 Å². The van der Waals surface area contributed by atoms with E-state index >= 15 is 0 Å². The van der Waals surface area contributed by atoms with E-state index in [9.17, 15) is 32.9 Å². The van der Waals surface area contributed by atoms with Crippen molar-refractivity contribution in [1.29, 1.82) is 0 Å². The van der Waals surface area contributed by atoms with E-state index in [1.807, 2.05) is 6.92 Å². The average Bonchev–Trinajstić information content (AvgIpc) is 3.50. The molecule has 4 atom stereocenters. The summed E-state index contributed by atoms with van der Waals surface area (Å²) in [7, 11) is -3.75. The summed E-state index contributed by atoms with van der Waals surface area (Å²) in [6.07, 6.45) is -7.05. The number of furan rings is 1. The summed E-state index contributed by atoms with van der Waals surface area (Å²) in [5.41, 5.74) is 0.0970. The van der Waals surface area contributed by atoms with Gasteiger partial charge in [0.25, 0.3) is 7.82 Å². The molecule has 0 spiro atoms. The Hall–Kier alpha value is -3.44. The molecule has 1 unspecified atom stereocenters. The molecule has 4 rings (SSSR count). The first-order chi connectivity index (χ1) is 21.1. The van der Waals surface area contributed by atoms with Crippen LogP contribution in [0.2, 0.25) is 0 Å². The molecule has 0 bridgehead atoms. The molecule has 3 heterocycles. The van der Waals surface area contributed by atoms with Crippen LogP contribution < -0.4 is 25.5 Å². The van der Waals surface area contributed by atoms with Crippen molar-refractivity contribution in [3.8, 4) is 5.75 Å². The van der Waals surface area contributed by atoms with Crippen molar-refractivity contribution in [1.82, 2.24) is 9.55 Å². The minimum Gasteiger partial charge on any atom is -0.756 e. The zero-order valence-corrected chi connectivity index (χ0v) is 26.2. The molecule has 1 saturated heterocycles. The molecule has 1 fully saturated rings. The van der Waals surface area contributed by atoms with E-state index in [0.29, 0.717) is 21.7 Å². The van der Waals surface area contributed by atoms with E-state index in [0.717, 1.165) is 23.2 Å². The number of carbonyl (C=O) groups is 1. The van der Waals surface area contributed by atoms with Crippen LogP contribution in [0.4, 0.5) is 19.4 Å². The molecule has 1 amide bonds. The van der Waals surface area contributed by atoms with Gasteiger partial charge in [0.2, 0.25) is 6.23 Å². The molecular formula is C27H37F2N4O11P. The number of phosphoric ester groups is 1. The highest BCUT2D eigenvalue weighted by molar-refractivity contribution is 7.44. The van der Waals surface area contributed by atoms with Crippen LogP contribution in [0.25, 0.3) is 11.0 Å². The van der Waals surface area contributed by atoms with Crippen LogP contribution in [-0.2, 0) is 25.2 Å². The highest BCUT2D eigenvalue weighted by Gasteiger charge is 2.59. The molecule has 0 aliphatic carbocycles. The number of halogens is 2. The minimum atomic E-state index is -5.28. The van der Waals surface area contributed by atoms with Gasteiger partial charge in [0, 0.05) is 11.6 Å². The summed E-state index contributed by atoms with van der Waals surface area (Å²) in [6.45, 7) is 10.9. The first-order valence-electron chi connectivity index (χ1n) is 14.0. The number of aliphatic hydroxyl groups excluding tert-OH is 1. The number of aryl methyl sites for hydroxylation is 1. The molecular weight excluding hydrogens is 625 g/mol. The predicted molar refractivity (Wildman–Crippen MR) is 153 cm³/mol. The first-order valence-corrected chi connectivity index (χ1v) is 15.5. The van der Waals surface area contributed by atoms with Crippen molar-refractivity contribution in [2.24, 2.45) is 0 Å². The second kappa shape index (κ2) is 15.2. The van der Waals surface area contributed by atoms with E-state index < -0.39 is 50.6 Å². The van der Waals surface area contributed by atoms with Crippen LogP contribution in [0.15, 0.2) is 39.7 Å². The van der Waals surface area contributed by atoms with Gasteiger partial charge >= 0.3 is 17.7 Å². The molecule has 18 heteroatoms. The van der Waals surface area contributed by atoms with Crippen LogP contribution in [-0.4, -0.2) is 77.1 Å². The number of fused-ring (bicyclic) bond motifs is 1. The summed E-state index contributed by atoms with van der Waals surface area (Å²) in [4.78, 5) is 49.0. The fourth-order valence-corrected chi connectivity index (χ4v) is 4.83. The zero-order valence-electron chi connectivity index (χ0n) is 25.3. The Morgan fingerprint density at radius 2 is 1.91 bits per heavy atom. The van der Waals surface area contributed by atoms with Gasteiger partial charge in [0.1, 0.15) is 29.0 Å². The van der Waals surface area contributed by atoms with E-state index in [-0.39, 0.29) is 12.4 Å². The van der Waals surface area contributed by atoms with Crippen molar-refractivity contribution >= 4 is 30.7 Å². The summed E-state index contributed by atoms with van der Waals surface area (Å²) in [6, 6.07) is 6.17. The van der Waals surface area contributed by atoms with Crippen LogP contribution in [0, 0.1) is 6.92 Å². The number of nitrogens with zero attached hydrogens (tertiary/aromatic N) is 2. The topological polar surface area (TPSA) is 199 Å². The lowest BCUT2D eigenvalue weighted by Gasteiger charge is -2.21. The second-order valence-corrected chi connectivity index (χ2v) is 11.2. The summed E-state index contributed by atoms with van der Waals surface area (Å²) in [5, 5.41) is 12.7. The number of methoxy groups -OCH3 is 1. The Balaban J connectivity index is 0.000000707. The highest BCUT2D eigenvalue weighted by atomic mass is 31.2. The predicted octanol–water partition coefficient (Wildman–Crippen LogP) is 1.36. The molecule has 0 radical (unpaired) electrons. The number of amides is 1. The van der Waals surface area contributed by atoms with Gasteiger partial charge in [-0.2, -0.15) is 13.8 Å². The second-order valence-electron chi connectivity index (χ2n) is 10.0. The number of hydrogen-bond donors (Lipinski definition) is 4. The van der Waals surface area contributed by atoms with Crippen LogP contribution >= 0.6 is 7.82 Å². The fourth-order valence-electron chi connectivity index (χ4n) is 4.50. The maximum Gasteiger partial charge on any atom is 0.413 e. The Labute approximate surface area is 256 Å².